The maximum absolute atomic E-state index is 11.0. The van der Waals surface area contributed by atoms with Gasteiger partial charge in [-0.15, -0.1) is 11.3 Å². The van der Waals surface area contributed by atoms with E-state index in [1.54, 1.807) is 11.3 Å². The Morgan fingerprint density at radius 1 is 1.25 bits per heavy atom. The second-order valence-corrected chi connectivity index (χ2v) is 6.71. The van der Waals surface area contributed by atoms with Crippen molar-refractivity contribution >= 4 is 22.9 Å². The molecular formula is C17H21ClOS. The molecule has 2 rings (SSSR count). The zero-order valence-corrected chi connectivity index (χ0v) is 13.8. The molecule has 0 spiro atoms. The van der Waals surface area contributed by atoms with Crippen LogP contribution < -0.4 is 0 Å². The molecule has 0 saturated carbocycles. The number of hydrogen-bond donors (Lipinski definition) is 1. The third kappa shape index (κ3) is 3.08. The summed E-state index contributed by atoms with van der Waals surface area (Å²) in [5.41, 5.74) is 2.07. The smallest absolute Gasteiger partial charge is 0.113 e. The van der Waals surface area contributed by atoms with Gasteiger partial charge in [0.1, 0.15) is 5.60 Å². The lowest BCUT2D eigenvalue weighted by Gasteiger charge is -2.26. The standard InChI is InChI=1S/C17H21ClOS/c1-4-6-12-7-8-14(18)10-16(12)17(3,19)13-9-15(5-2)20-11-13/h7-11,19H,4-6H2,1-3H3. The summed E-state index contributed by atoms with van der Waals surface area (Å²) in [5.74, 6) is 0. The van der Waals surface area contributed by atoms with Crippen LogP contribution in [0.25, 0.3) is 0 Å². The highest BCUT2D eigenvalue weighted by Gasteiger charge is 2.29. The molecule has 1 aromatic heterocycles. The molecule has 0 bridgehead atoms. The molecule has 108 valence electrons. The number of rotatable bonds is 5. The van der Waals surface area contributed by atoms with Crippen LogP contribution in [0, 0.1) is 0 Å². The van der Waals surface area contributed by atoms with Gasteiger partial charge in [-0.2, -0.15) is 0 Å². The average molecular weight is 309 g/mol. The molecule has 0 aliphatic carbocycles. The van der Waals surface area contributed by atoms with E-state index >= 15 is 0 Å². The van der Waals surface area contributed by atoms with Crippen LogP contribution in [0.5, 0.6) is 0 Å². The normalized spacial score (nSPS) is 14.2. The number of hydrogen-bond acceptors (Lipinski definition) is 2. The second kappa shape index (κ2) is 6.30. The van der Waals surface area contributed by atoms with E-state index in [0.717, 1.165) is 30.4 Å². The summed E-state index contributed by atoms with van der Waals surface area (Å²) in [6.07, 6.45) is 3.00. The summed E-state index contributed by atoms with van der Waals surface area (Å²) in [6.45, 7) is 6.14. The highest BCUT2D eigenvalue weighted by molar-refractivity contribution is 7.10. The van der Waals surface area contributed by atoms with Crippen LogP contribution in [-0.4, -0.2) is 5.11 Å². The molecule has 0 saturated heterocycles. The topological polar surface area (TPSA) is 20.2 Å². The summed E-state index contributed by atoms with van der Waals surface area (Å²) in [7, 11) is 0. The minimum atomic E-state index is -0.987. The summed E-state index contributed by atoms with van der Waals surface area (Å²) in [6, 6.07) is 7.93. The largest absolute Gasteiger partial charge is 0.381 e. The third-order valence-electron chi connectivity index (χ3n) is 3.68. The van der Waals surface area contributed by atoms with Gasteiger partial charge in [0.25, 0.3) is 0 Å². The van der Waals surface area contributed by atoms with Crippen molar-refractivity contribution in [1.29, 1.82) is 0 Å². The fourth-order valence-electron chi connectivity index (χ4n) is 2.47. The molecular weight excluding hydrogens is 288 g/mol. The Kier molecular flexibility index (Phi) is 4.90. The molecule has 0 radical (unpaired) electrons. The Labute approximate surface area is 130 Å². The fourth-order valence-corrected chi connectivity index (χ4v) is 3.58. The molecule has 0 aliphatic rings. The van der Waals surface area contributed by atoms with Gasteiger partial charge in [0.05, 0.1) is 0 Å². The van der Waals surface area contributed by atoms with E-state index in [-0.39, 0.29) is 0 Å². The van der Waals surface area contributed by atoms with Crippen LogP contribution in [0.2, 0.25) is 5.02 Å². The Morgan fingerprint density at radius 2 is 2.00 bits per heavy atom. The maximum Gasteiger partial charge on any atom is 0.113 e. The first kappa shape index (κ1) is 15.6. The minimum Gasteiger partial charge on any atom is -0.381 e. The fraction of sp³-hybridized carbons (Fsp3) is 0.412. The first-order valence-electron chi connectivity index (χ1n) is 7.08. The lowest BCUT2D eigenvalue weighted by atomic mass is 9.85. The van der Waals surface area contributed by atoms with E-state index in [1.807, 2.05) is 25.1 Å². The maximum atomic E-state index is 11.0. The van der Waals surface area contributed by atoms with E-state index in [1.165, 1.54) is 10.4 Å². The van der Waals surface area contributed by atoms with Crippen molar-refractivity contribution in [3.8, 4) is 0 Å². The molecule has 20 heavy (non-hydrogen) atoms. The molecule has 1 unspecified atom stereocenters. The highest BCUT2D eigenvalue weighted by Crippen LogP contribution is 2.36. The molecule has 2 aromatic rings. The lowest BCUT2D eigenvalue weighted by Crippen LogP contribution is -2.24. The molecule has 0 amide bonds. The van der Waals surface area contributed by atoms with Crippen molar-refractivity contribution in [2.45, 2.75) is 45.6 Å². The van der Waals surface area contributed by atoms with E-state index in [9.17, 15) is 5.11 Å². The van der Waals surface area contributed by atoms with Crippen LogP contribution >= 0.6 is 22.9 Å². The number of thiophene rings is 1. The van der Waals surface area contributed by atoms with E-state index in [0.29, 0.717) is 5.02 Å². The summed E-state index contributed by atoms with van der Waals surface area (Å²) >= 11 is 7.84. The molecule has 1 N–H and O–H groups in total. The first-order chi connectivity index (χ1) is 9.48. The van der Waals surface area contributed by atoms with Crippen molar-refractivity contribution in [2.24, 2.45) is 0 Å². The molecule has 1 heterocycles. The third-order valence-corrected chi connectivity index (χ3v) is 5.00. The van der Waals surface area contributed by atoms with Gasteiger partial charge in [-0.25, -0.2) is 0 Å². The predicted octanol–water partition coefficient (Wildman–Crippen LogP) is 5.17. The van der Waals surface area contributed by atoms with Crippen molar-refractivity contribution in [3.05, 3.63) is 56.2 Å². The zero-order valence-electron chi connectivity index (χ0n) is 12.2. The van der Waals surface area contributed by atoms with Crippen LogP contribution in [-0.2, 0) is 18.4 Å². The number of benzene rings is 1. The Morgan fingerprint density at radius 3 is 2.60 bits per heavy atom. The molecule has 1 nitrogen and oxygen atoms in total. The van der Waals surface area contributed by atoms with E-state index in [4.69, 9.17) is 11.6 Å². The molecule has 1 atom stereocenters. The monoisotopic (exact) mass is 308 g/mol. The van der Waals surface area contributed by atoms with Crippen molar-refractivity contribution in [1.82, 2.24) is 0 Å². The number of halogens is 1. The van der Waals surface area contributed by atoms with Crippen molar-refractivity contribution < 1.29 is 5.11 Å². The number of aryl methyl sites for hydroxylation is 2. The predicted molar refractivity (Wildman–Crippen MR) is 87.8 cm³/mol. The van der Waals surface area contributed by atoms with Gasteiger partial charge in [-0.1, -0.05) is 37.9 Å². The van der Waals surface area contributed by atoms with Crippen LogP contribution in [0.15, 0.2) is 29.6 Å². The van der Waals surface area contributed by atoms with Gasteiger partial charge in [-0.3, -0.25) is 0 Å². The Balaban J connectivity index is 2.49. The molecule has 3 heteroatoms. The van der Waals surface area contributed by atoms with Crippen molar-refractivity contribution in [2.75, 3.05) is 0 Å². The van der Waals surface area contributed by atoms with Crippen LogP contribution in [0.4, 0.5) is 0 Å². The minimum absolute atomic E-state index is 0.672. The molecule has 0 aliphatic heterocycles. The quantitative estimate of drug-likeness (QED) is 0.807. The van der Waals surface area contributed by atoms with Gasteiger partial charge in [0.15, 0.2) is 0 Å². The van der Waals surface area contributed by atoms with Crippen LogP contribution in [0.3, 0.4) is 0 Å². The Bertz CT molecular complexity index is 586. The SMILES string of the molecule is CCCc1ccc(Cl)cc1C(C)(O)c1csc(CC)c1. The Hall–Kier alpha value is -0.830. The summed E-state index contributed by atoms with van der Waals surface area (Å²) in [5, 5.41) is 13.8. The van der Waals surface area contributed by atoms with Crippen LogP contribution in [0.1, 0.15) is 48.8 Å². The van der Waals surface area contributed by atoms with E-state index < -0.39 is 5.60 Å². The highest BCUT2D eigenvalue weighted by atomic mass is 35.5. The van der Waals surface area contributed by atoms with Gasteiger partial charge in [0, 0.05) is 9.90 Å². The van der Waals surface area contributed by atoms with Gasteiger partial charge < -0.3 is 5.11 Å². The lowest BCUT2D eigenvalue weighted by molar-refractivity contribution is 0.102. The second-order valence-electron chi connectivity index (χ2n) is 5.28. The molecule has 0 fully saturated rings. The summed E-state index contributed by atoms with van der Waals surface area (Å²) in [4.78, 5) is 1.29. The van der Waals surface area contributed by atoms with Gasteiger partial charge in [-0.05, 0) is 60.0 Å². The molecule has 1 aromatic carbocycles. The average Bonchev–Trinajstić information content (AvgIpc) is 2.90. The van der Waals surface area contributed by atoms with Gasteiger partial charge in [0.2, 0.25) is 0 Å². The van der Waals surface area contributed by atoms with Gasteiger partial charge >= 0.3 is 0 Å². The first-order valence-corrected chi connectivity index (χ1v) is 8.34. The zero-order chi connectivity index (χ0) is 14.8. The summed E-state index contributed by atoms with van der Waals surface area (Å²) < 4.78 is 0. The number of aliphatic hydroxyl groups is 1. The van der Waals surface area contributed by atoms with E-state index in [2.05, 4.69) is 25.3 Å². The van der Waals surface area contributed by atoms with Crippen molar-refractivity contribution in [3.63, 3.8) is 0 Å².